The van der Waals surface area contributed by atoms with E-state index < -0.39 is 0 Å². The van der Waals surface area contributed by atoms with Crippen molar-refractivity contribution in [2.24, 2.45) is 7.05 Å². The third kappa shape index (κ3) is 5.46. The second-order valence-corrected chi connectivity index (χ2v) is 13.5. The van der Waals surface area contributed by atoms with E-state index in [0.717, 1.165) is 0 Å². The summed E-state index contributed by atoms with van der Waals surface area (Å²) in [6.45, 7) is 2.14. The van der Waals surface area contributed by atoms with E-state index in [4.69, 9.17) is 0 Å². The molecule has 0 radical (unpaired) electrons. The molecule has 0 aliphatic heterocycles. The molecule has 2 aromatic heterocycles. The SMILES string of the molecule is Cc1ccc(-n2c3ccc4ccccc4c3c3c4ccccc4ccc32)cc1.Cn1c2ccccc2c2ccccc21.c1ccc2ccccc2c1. The number of aromatic nitrogens is 2. The van der Waals surface area contributed by atoms with Crippen LogP contribution in [0.4, 0.5) is 0 Å². The maximum Gasteiger partial charge on any atom is 0.0547 e. The summed E-state index contributed by atoms with van der Waals surface area (Å²) in [6.07, 6.45) is 0. The average Bonchev–Trinajstić information content (AvgIpc) is 3.71. The zero-order chi connectivity index (χ0) is 35.0. The number of rotatable bonds is 1. The molecular formula is C50H38N2. The average molecular weight is 667 g/mol. The van der Waals surface area contributed by atoms with Gasteiger partial charge in [0.1, 0.15) is 0 Å². The molecule has 0 fully saturated rings. The maximum absolute atomic E-state index is 2.41. The Bertz CT molecular complexity index is 2820. The Kier molecular flexibility index (Phi) is 7.98. The minimum Gasteiger partial charge on any atom is -0.344 e. The Balaban J connectivity index is 0.000000123. The van der Waals surface area contributed by atoms with Crippen molar-refractivity contribution < 1.29 is 0 Å². The third-order valence-corrected chi connectivity index (χ3v) is 10.3. The van der Waals surface area contributed by atoms with E-state index in [-0.39, 0.29) is 0 Å². The van der Waals surface area contributed by atoms with Gasteiger partial charge in [-0.15, -0.1) is 0 Å². The van der Waals surface area contributed by atoms with Crippen LogP contribution in [0.15, 0.2) is 194 Å². The first-order chi connectivity index (χ1) is 25.7. The topological polar surface area (TPSA) is 9.86 Å². The predicted molar refractivity (Wildman–Crippen MR) is 225 cm³/mol. The molecule has 248 valence electrons. The van der Waals surface area contributed by atoms with E-state index in [1.807, 2.05) is 0 Å². The van der Waals surface area contributed by atoms with Gasteiger partial charge in [-0.1, -0.05) is 163 Å². The van der Waals surface area contributed by atoms with Gasteiger partial charge in [0.15, 0.2) is 0 Å². The molecule has 0 unspecified atom stereocenters. The number of hydrogen-bond acceptors (Lipinski definition) is 0. The summed E-state index contributed by atoms with van der Waals surface area (Å²) >= 11 is 0. The molecule has 2 heteroatoms. The normalized spacial score (nSPS) is 11.3. The molecule has 0 saturated heterocycles. The Hall–Kier alpha value is -6.64. The van der Waals surface area contributed by atoms with Crippen LogP contribution in [0.3, 0.4) is 0 Å². The first kappa shape index (κ1) is 31.3. The number of hydrogen-bond donors (Lipinski definition) is 0. The van der Waals surface area contributed by atoms with E-state index in [2.05, 4.69) is 217 Å². The van der Waals surface area contributed by atoms with Gasteiger partial charge in [-0.05, 0) is 75.6 Å². The lowest BCUT2D eigenvalue weighted by molar-refractivity contribution is 1.01. The first-order valence-corrected chi connectivity index (χ1v) is 17.9. The molecule has 9 aromatic carbocycles. The van der Waals surface area contributed by atoms with Gasteiger partial charge in [0.05, 0.1) is 11.0 Å². The lowest BCUT2D eigenvalue weighted by atomic mass is 10.00. The molecule has 0 saturated carbocycles. The second-order valence-electron chi connectivity index (χ2n) is 13.5. The van der Waals surface area contributed by atoms with Gasteiger partial charge in [0, 0.05) is 45.3 Å². The summed E-state index contributed by atoms with van der Waals surface area (Å²) in [5, 5.41) is 13.2. The van der Waals surface area contributed by atoms with Crippen molar-refractivity contribution in [2.75, 3.05) is 0 Å². The number of para-hydroxylation sites is 2. The summed E-state index contributed by atoms with van der Waals surface area (Å²) in [7, 11) is 2.12. The fourth-order valence-corrected chi connectivity index (χ4v) is 7.77. The van der Waals surface area contributed by atoms with Crippen LogP contribution in [0.5, 0.6) is 0 Å². The summed E-state index contributed by atoms with van der Waals surface area (Å²) in [4.78, 5) is 0. The van der Waals surface area contributed by atoms with Crippen molar-refractivity contribution in [1.29, 1.82) is 0 Å². The van der Waals surface area contributed by atoms with E-state index in [1.165, 1.54) is 87.2 Å². The van der Waals surface area contributed by atoms with Crippen molar-refractivity contribution in [3.8, 4) is 5.69 Å². The largest absolute Gasteiger partial charge is 0.344 e. The Labute approximate surface area is 303 Å². The van der Waals surface area contributed by atoms with E-state index in [9.17, 15) is 0 Å². The number of nitrogens with zero attached hydrogens (tertiary/aromatic N) is 2. The first-order valence-electron chi connectivity index (χ1n) is 17.9. The van der Waals surface area contributed by atoms with Crippen LogP contribution >= 0.6 is 0 Å². The smallest absolute Gasteiger partial charge is 0.0547 e. The molecule has 11 aromatic rings. The zero-order valence-electron chi connectivity index (χ0n) is 29.4. The van der Waals surface area contributed by atoms with Crippen LogP contribution in [-0.4, -0.2) is 9.13 Å². The van der Waals surface area contributed by atoms with Crippen LogP contribution in [-0.2, 0) is 7.05 Å². The molecule has 52 heavy (non-hydrogen) atoms. The van der Waals surface area contributed by atoms with Gasteiger partial charge < -0.3 is 9.13 Å². The fraction of sp³-hybridized carbons (Fsp3) is 0.0400. The molecule has 2 heterocycles. The lowest BCUT2D eigenvalue weighted by Gasteiger charge is -2.09. The summed E-state index contributed by atoms with van der Waals surface area (Å²) in [5.41, 5.74) is 7.60. The third-order valence-electron chi connectivity index (χ3n) is 10.3. The molecule has 0 aliphatic rings. The molecule has 0 spiro atoms. The minimum absolute atomic E-state index is 1.20. The van der Waals surface area contributed by atoms with Crippen LogP contribution in [0.2, 0.25) is 0 Å². The molecular weight excluding hydrogens is 629 g/mol. The molecule has 0 N–H and O–H groups in total. The van der Waals surface area contributed by atoms with Gasteiger partial charge in [-0.3, -0.25) is 0 Å². The van der Waals surface area contributed by atoms with Gasteiger partial charge in [-0.2, -0.15) is 0 Å². The highest BCUT2D eigenvalue weighted by molar-refractivity contribution is 6.28. The van der Waals surface area contributed by atoms with Crippen LogP contribution in [0.1, 0.15) is 5.56 Å². The van der Waals surface area contributed by atoms with Crippen molar-refractivity contribution in [1.82, 2.24) is 9.13 Å². The Morgan fingerprint density at radius 2 is 0.673 bits per heavy atom. The number of benzene rings is 9. The van der Waals surface area contributed by atoms with Crippen molar-refractivity contribution >= 4 is 75.9 Å². The van der Waals surface area contributed by atoms with Gasteiger partial charge in [0.2, 0.25) is 0 Å². The maximum atomic E-state index is 2.41. The quantitative estimate of drug-likeness (QED) is 0.165. The van der Waals surface area contributed by atoms with E-state index >= 15 is 0 Å². The fourth-order valence-electron chi connectivity index (χ4n) is 7.77. The summed E-state index contributed by atoms with van der Waals surface area (Å²) in [5.74, 6) is 0. The highest BCUT2D eigenvalue weighted by atomic mass is 15.0. The Morgan fingerprint density at radius 1 is 0.308 bits per heavy atom. The monoisotopic (exact) mass is 666 g/mol. The van der Waals surface area contributed by atoms with E-state index in [1.54, 1.807) is 0 Å². The van der Waals surface area contributed by atoms with E-state index in [0.29, 0.717) is 0 Å². The predicted octanol–water partition coefficient (Wildman–Crippen LogP) is 13.6. The van der Waals surface area contributed by atoms with Crippen molar-refractivity contribution in [2.45, 2.75) is 6.92 Å². The Morgan fingerprint density at radius 3 is 1.12 bits per heavy atom. The highest BCUT2D eigenvalue weighted by Crippen LogP contribution is 2.40. The van der Waals surface area contributed by atoms with Crippen molar-refractivity contribution in [3.63, 3.8) is 0 Å². The minimum atomic E-state index is 1.20. The van der Waals surface area contributed by atoms with Gasteiger partial charge in [-0.25, -0.2) is 0 Å². The highest BCUT2D eigenvalue weighted by Gasteiger charge is 2.16. The molecule has 0 amide bonds. The molecule has 0 atom stereocenters. The number of aryl methyl sites for hydroxylation is 2. The summed E-state index contributed by atoms with van der Waals surface area (Å²) in [6, 6.07) is 69.0. The van der Waals surface area contributed by atoms with Gasteiger partial charge >= 0.3 is 0 Å². The second kappa shape index (κ2) is 13.2. The molecule has 0 aliphatic carbocycles. The lowest BCUT2D eigenvalue weighted by Crippen LogP contribution is -1.93. The van der Waals surface area contributed by atoms with Crippen LogP contribution in [0, 0.1) is 6.92 Å². The van der Waals surface area contributed by atoms with Gasteiger partial charge in [0.25, 0.3) is 0 Å². The van der Waals surface area contributed by atoms with Crippen molar-refractivity contribution in [3.05, 3.63) is 200 Å². The molecule has 11 rings (SSSR count). The number of fused-ring (bicyclic) bond motifs is 11. The summed E-state index contributed by atoms with van der Waals surface area (Å²) < 4.78 is 4.65. The molecule has 0 bridgehead atoms. The molecule has 2 nitrogen and oxygen atoms in total. The van der Waals surface area contributed by atoms with Crippen LogP contribution in [0.25, 0.3) is 81.6 Å². The van der Waals surface area contributed by atoms with Crippen LogP contribution < -0.4 is 0 Å². The standard InChI is InChI=1S/C27H19N.C13H11N.C10H8/c1-18-10-14-21(15-11-18)28-24-16-12-19-6-2-4-8-22(19)26(24)27-23-9-5-3-7-20(23)13-17-25(27)28;1-14-12-8-4-2-6-10(12)11-7-3-5-9-13(11)14;1-2-6-10-8-4-3-7-9(10)5-1/h2-17H,1H3;2-9H,1H3;1-8H. The zero-order valence-corrected chi connectivity index (χ0v) is 29.4.